The highest BCUT2D eigenvalue weighted by Gasteiger charge is 2.10. The second kappa shape index (κ2) is 6.02. The molecule has 2 aromatic rings. The van der Waals surface area contributed by atoms with Gasteiger partial charge in [-0.05, 0) is 23.8 Å². The van der Waals surface area contributed by atoms with Gasteiger partial charge < -0.3 is 15.2 Å². The van der Waals surface area contributed by atoms with Crippen LogP contribution in [0.3, 0.4) is 0 Å². The number of aliphatic hydroxyl groups excluding tert-OH is 1. The molecule has 0 radical (unpaired) electrons. The van der Waals surface area contributed by atoms with Crippen LogP contribution in [0.25, 0.3) is 0 Å². The van der Waals surface area contributed by atoms with Gasteiger partial charge in [0.05, 0.1) is 19.8 Å². The smallest absolute Gasteiger partial charge is 0.120 e. The molecule has 1 aromatic heterocycles. The lowest BCUT2D eigenvalue weighted by Gasteiger charge is -2.18. The van der Waals surface area contributed by atoms with Crippen LogP contribution in [0.5, 0.6) is 5.75 Å². The number of rotatable bonds is 5. The van der Waals surface area contributed by atoms with E-state index in [1.54, 1.807) is 19.5 Å². The summed E-state index contributed by atoms with van der Waals surface area (Å²) in [6.07, 6.45) is 3.46. The minimum atomic E-state index is -0.175. The van der Waals surface area contributed by atoms with Crippen molar-refractivity contribution in [3.63, 3.8) is 0 Å². The van der Waals surface area contributed by atoms with E-state index in [2.05, 4.69) is 10.3 Å². The number of ether oxygens (including phenoxy) is 1. The molecule has 0 spiro atoms. The molecule has 0 aliphatic heterocycles. The van der Waals surface area contributed by atoms with Crippen LogP contribution < -0.4 is 10.1 Å². The van der Waals surface area contributed by atoms with E-state index in [4.69, 9.17) is 4.74 Å². The topological polar surface area (TPSA) is 54.4 Å². The maximum Gasteiger partial charge on any atom is 0.120 e. The summed E-state index contributed by atoms with van der Waals surface area (Å²) in [5.74, 6) is 0.780. The van der Waals surface area contributed by atoms with E-state index in [1.807, 2.05) is 36.4 Å². The monoisotopic (exact) mass is 244 g/mol. The van der Waals surface area contributed by atoms with Crippen LogP contribution in [0.15, 0.2) is 48.8 Å². The van der Waals surface area contributed by atoms with E-state index in [0.29, 0.717) is 0 Å². The van der Waals surface area contributed by atoms with Gasteiger partial charge >= 0.3 is 0 Å². The maximum absolute atomic E-state index is 9.45. The SMILES string of the molecule is COc1cccc(NC(CO)c2cccnc2)c1. The number of nitrogens with zero attached hydrogens (tertiary/aromatic N) is 1. The molecule has 0 amide bonds. The normalized spacial score (nSPS) is 11.9. The number of hydrogen-bond acceptors (Lipinski definition) is 4. The Bertz CT molecular complexity index is 488. The molecule has 0 saturated heterocycles. The Balaban J connectivity index is 2.15. The summed E-state index contributed by atoms with van der Waals surface area (Å²) in [5, 5.41) is 12.7. The molecule has 0 fully saturated rings. The lowest BCUT2D eigenvalue weighted by Crippen LogP contribution is -2.14. The number of nitrogens with one attached hydrogen (secondary N) is 1. The van der Waals surface area contributed by atoms with E-state index in [1.165, 1.54) is 0 Å². The number of aliphatic hydroxyl groups is 1. The predicted molar refractivity (Wildman–Crippen MR) is 70.7 cm³/mol. The molecule has 4 nitrogen and oxygen atoms in total. The summed E-state index contributed by atoms with van der Waals surface area (Å²) in [7, 11) is 1.63. The van der Waals surface area contributed by atoms with E-state index in [-0.39, 0.29) is 12.6 Å². The van der Waals surface area contributed by atoms with Crippen molar-refractivity contribution in [1.29, 1.82) is 0 Å². The van der Waals surface area contributed by atoms with Crippen molar-refractivity contribution in [1.82, 2.24) is 4.98 Å². The van der Waals surface area contributed by atoms with Crippen LogP contribution in [0.1, 0.15) is 11.6 Å². The van der Waals surface area contributed by atoms with Gasteiger partial charge in [0.15, 0.2) is 0 Å². The van der Waals surface area contributed by atoms with E-state index in [9.17, 15) is 5.11 Å². The van der Waals surface area contributed by atoms with Gasteiger partial charge in [-0.3, -0.25) is 4.98 Å². The fraction of sp³-hybridized carbons (Fsp3) is 0.214. The van der Waals surface area contributed by atoms with Crippen molar-refractivity contribution < 1.29 is 9.84 Å². The highest BCUT2D eigenvalue weighted by Crippen LogP contribution is 2.22. The van der Waals surface area contributed by atoms with Crippen LogP contribution in [-0.2, 0) is 0 Å². The fourth-order valence-electron chi connectivity index (χ4n) is 1.73. The lowest BCUT2D eigenvalue weighted by molar-refractivity contribution is 0.276. The van der Waals surface area contributed by atoms with Gasteiger partial charge in [0, 0.05) is 24.1 Å². The summed E-state index contributed by atoms with van der Waals surface area (Å²) in [4.78, 5) is 4.05. The van der Waals surface area contributed by atoms with E-state index in [0.717, 1.165) is 17.0 Å². The number of methoxy groups -OCH3 is 1. The number of aromatic nitrogens is 1. The molecular formula is C14H16N2O2. The highest BCUT2D eigenvalue weighted by molar-refractivity contribution is 5.49. The van der Waals surface area contributed by atoms with Crippen molar-refractivity contribution >= 4 is 5.69 Å². The van der Waals surface area contributed by atoms with Gasteiger partial charge in [0.2, 0.25) is 0 Å². The Labute approximate surface area is 106 Å². The Morgan fingerprint density at radius 1 is 1.33 bits per heavy atom. The van der Waals surface area contributed by atoms with E-state index >= 15 is 0 Å². The number of hydrogen-bond donors (Lipinski definition) is 2. The summed E-state index contributed by atoms with van der Waals surface area (Å²) < 4.78 is 5.16. The van der Waals surface area contributed by atoms with Crippen LogP contribution in [0, 0.1) is 0 Å². The standard InChI is InChI=1S/C14H16N2O2/c1-18-13-6-2-5-12(8-13)16-14(10-17)11-4-3-7-15-9-11/h2-9,14,16-17H,10H2,1H3. The summed E-state index contributed by atoms with van der Waals surface area (Å²) >= 11 is 0. The second-order valence-corrected chi connectivity index (χ2v) is 3.90. The van der Waals surface area contributed by atoms with Crippen molar-refractivity contribution in [2.24, 2.45) is 0 Å². The average molecular weight is 244 g/mol. The van der Waals surface area contributed by atoms with Crippen molar-refractivity contribution in [2.75, 3.05) is 19.0 Å². The van der Waals surface area contributed by atoms with Gasteiger partial charge in [-0.25, -0.2) is 0 Å². The maximum atomic E-state index is 9.45. The minimum Gasteiger partial charge on any atom is -0.497 e. The zero-order chi connectivity index (χ0) is 12.8. The third-order valence-corrected chi connectivity index (χ3v) is 2.68. The minimum absolute atomic E-state index is 0.00288. The zero-order valence-corrected chi connectivity index (χ0v) is 10.2. The summed E-state index contributed by atoms with van der Waals surface area (Å²) in [5.41, 5.74) is 1.85. The van der Waals surface area contributed by atoms with Gasteiger partial charge in [-0.15, -0.1) is 0 Å². The third kappa shape index (κ3) is 2.99. The lowest BCUT2D eigenvalue weighted by atomic mass is 10.1. The quantitative estimate of drug-likeness (QED) is 0.847. The van der Waals surface area contributed by atoms with Crippen LogP contribution in [-0.4, -0.2) is 23.8 Å². The fourth-order valence-corrected chi connectivity index (χ4v) is 1.73. The number of anilines is 1. The van der Waals surface area contributed by atoms with E-state index < -0.39 is 0 Å². The number of benzene rings is 1. The summed E-state index contributed by atoms with van der Waals surface area (Å²) in [6, 6.07) is 11.2. The summed E-state index contributed by atoms with van der Waals surface area (Å²) in [6.45, 7) is 0.00288. The molecule has 0 aliphatic carbocycles. The highest BCUT2D eigenvalue weighted by atomic mass is 16.5. The van der Waals surface area contributed by atoms with Crippen LogP contribution in [0.4, 0.5) is 5.69 Å². The van der Waals surface area contributed by atoms with Crippen LogP contribution in [0.2, 0.25) is 0 Å². The first kappa shape index (κ1) is 12.4. The first-order chi connectivity index (χ1) is 8.83. The van der Waals surface area contributed by atoms with Gasteiger partial charge in [-0.1, -0.05) is 12.1 Å². The Kier molecular flexibility index (Phi) is 4.15. The molecule has 1 heterocycles. The first-order valence-electron chi connectivity index (χ1n) is 5.75. The molecule has 18 heavy (non-hydrogen) atoms. The molecule has 1 atom stereocenters. The zero-order valence-electron chi connectivity index (χ0n) is 10.2. The Morgan fingerprint density at radius 2 is 2.22 bits per heavy atom. The average Bonchev–Trinajstić information content (AvgIpc) is 2.46. The molecule has 0 saturated carbocycles. The molecular weight excluding hydrogens is 228 g/mol. The largest absolute Gasteiger partial charge is 0.497 e. The van der Waals surface area contributed by atoms with Gasteiger partial charge in [-0.2, -0.15) is 0 Å². The molecule has 0 aliphatic rings. The molecule has 2 N–H and O–H groups in total. The molecule has 4 heteroatoms. The first-order valence-corrected chi connectivity index (χ1v) is 5.75. The molecule has 2 rings (SSSR count). The molecule has 0 bridgehead atoms. The molecule has 94 valence electrons. The molecule has 1 unspecified atom stereocenters. The second-order valence-electron chi connectivity index (χ2n) is 3.90. The van der Waals surface area contributed by atoms with Gasteiger partial charge in [0.25, 0.3) is 0 Å². The number of pyridine rings is 1. The van der Waals surface area contributed by atoms with Crippen molar-refractivity contribution in [2.45, 2.75) is 6.04 Å². The third-order valence-electron chi connectivity index (χ3n) is 2.68. The van der Waals surface area contributed by atoms with Crippen molar-refractivity contribution in [3.8, 4) is 5.75 Å². The Morgan fingerprint density at radius 3 is 2.89 bits per heavy atom. The Hall–Kier alpha value is -2.07. The predicted octanol–water partition coefficient (Wildman–Crippen LogP) is 2.24. The van der Waals surface area contributed by atoms with Crippen molar-refractivity contribution in [3.05, 3.63) is 54.4 Å². The van der Waals surface area contributed by atoms with Gasteiger partial charge in [0.1, 0.15) is 5.75 Å². The molecule has 1 aromatic carbocycles. The van der Waals surface area contributed by atoms with Crippen LogP contribution >= 0.6 is 0 Å².